The first kappa shape index (κ1) is 21.2. The van der Waals surface area contributed by atoms with Crippen LogP contribution in [0.1, 0.15) is 29.5 Å². The van der Waals surface area contributed by atoms with Gasteiger partial charge in [0.15, 0.2) is 5.96 Å². The van der Waals surface area contributed by atoms with Crippen LogP contribution in [0, 0.1) is 6.92 Å². The van der Waals surface area contributed by atoms with E-state index in [4.69, 9.17) is 4.74 Å². The van der Waals surface area contributed by atoms with Crippen molar-refractivity contribution in [1.82, 2.24) is 15.6 Å². The monoisotopic (exact) mass is 454 g/mol. The molecule has 0 fully saturated rings. The number of guanidine groups is 1. The molecule has 0 aliphatic rings. The van der Waals surface area contributed by atoms with E-state index in [0.717, 1.165) is 18.1 Å². The highest BCUT2D eigenvalue weighted by Crippen LogP contribution is 2.15. The number of methoxy groups -OCH3 is 1. The minimum atomic E-state index is 0. The molecule has 2 N–H and O–H groups in total. The summed E-state index contributed by atoms with van der Waals surface area (Å²) in [5.74, 6) is 1.80. The van der Waals surface area contributed by atoms with Crippen LogP contribution < -0.4 is 15.4 Å². The van der Waals surface area contributed by atoms with E-state index >= 15 is 0 Å². The molecular formula is C19H27IN4O. The zero-order chi connectivity index (χ0) is 17.4. The van der Waals surface area contributed by atoms with Crippen molar-refractivity contribution in [2.75, 3.05) is 20.7 Å². The predicted molar refractivity (Wildman–Crippen MR) is 114 cm³/mol. The second kappa shape index (κ2) is 10.9. The molecule has 6 heteroatoms. The Morgan fingerprint density at radius 3 is 2.56 bits per heavy atom. The first-order chi connectivity index (χ1) is 11.6. The summed E-state index contributed by atoms with van der Waals surface area (Å²) in [5.41, 5.74) is 3.59. The molecule has 0 aliphatic carbocycles. The molecule has 0 bridgehead atoms. The lowest BCUT2D eigenvalue weighted by atomic mass is 10.0. The molecule has 0 amide bonds. The second-order valence-corrected chi connectivity index (χ2v) is 5.79. The lowest BCUT2D eigenvalue weighted by molar-refractivity contribution is 0.392. The summed E-state index contributed by atoms with van der Waals surface area (Å²) < 4.78 is 5.27. The molecule has 1 atom stereocenters. The van der Waals surface area contributed by atoms with Crippen LogP contribution in [0.3, 0.4) is 0 Å². The van der Waals surface area contributed by atoms with Crippen molar-refractivity contribution in [1.29, 1.82) is 0 Å². The molecule has 136 valence electrons. The average Bonchev–Trinajstić information content (AvgIpc) is 2.62. The van der Waals surface area contributed by atoms with Crippen molar-refractivity contribution in [3.05, 3.63) is 59.3 Å². The highest BCUT2D eigenvalue weighted by atomic mass is 127. The quantitative estimate of drug-likeness (QED) is 0.399. The molecular weight excluding hydrogens is 427 g/mol. The molecule has 0 saturated carbocycles. The van der Waals surface area contributed by atoms with E-state index in [1.54, 1.807) is 20.4 Å². The zero-order valence-corrected chi connectivity index (χ0v) is 17.6. The lowest BCUT2D eigenvalue weighted by Gasteiger charge is -2.17. The summed E-state index contributed by atoms with van der Waals surface area (Å²) in [6.07, 6.45) is 1.72. The Labute approximate surface area is 167 Å². The van der Waals surface area contributed by atoms with Gasteiger partial charge in [0, 0.05) is 31.9 Å². The van der Waals surface area contributed by atoms with Gasteiger partial charge in [0.1, 0.15) is 0 Å². The largest absolute Gasteiger partial charge is 0.481 e. The predicted octanol–water partition coefficient (Wildman–Crippen LogP) is 3.49. The van der Waals surface area contributed by atoms with E-state index in [-0.39, 0.29) is 24.0 Å². The normalized spacial score (nSPS) is 12.1. The highest BCUT2D eigenvalue weighted by molar-refractivity contribution is 14.0. The lowest BCUT2D eigenvalue weighted by Crippen LogP contribution is -2.38. The van der Waals surface area contributed by atoms with E-state index in [1.165, 1.54) is 11.1 Å². The van der Waals surface area contributed by atoms with Crippen LogP contribution in [0.5, 0.6) is 5.88 Å². The van der Waals surface area contributed by atoms with Gasteiger partial charge in [-0.1, -0.05) is 42.8 Å². The van der Waals surface area contributed by atoms with E-state index in [9.17, 15) is 0 Å². The van der Waals surface area contributed by atoms with E-state index in [0.29, 0.717) is 18.3 Å². The second-order valence-electron chi connectivity index (χ2n) is 5.79. The summed E-state index contributed by atoms with van der Waals surface area (Å²) in [5, 5.41) is 6.66. The molecule has 1 unspecified atom stereocenters. The van der Waals surface area contributed by atoms with E-state index in [1.807, 2.05) is 12.1 Å². The highest BCUT2D eigenvalue weighted by Gasteiger charge is 2.08. The molecule has 25 heavy (non-hydrogen) atoms. The van der Waals surface area contributed by atoms with Crippen molar-refractivity contribution >= 4 is 29.9 Å². The van der Waals surface area contributed by atoms with Crippen LogP contribution in [0.15, 0.2) is 47.6 Å². The Kier molecular flexibility index (Phi) is 9.26. The van der Waals surface area contributed by atoms with Crippen LogP contribution in [0.25, 0.3) is 0 Å². The number of halogens is 1. The Balaban J connectivity index is 0.00000312. The van der Waals surface area contributed by atoms with Gasteiger partial charge in [-0.15, -0.1) is 24.0 Å². The summed E-state index contributed by atoms with van der Waals surface area (Å²) in [6, 6.07) is 12.5. The smallest absolute Gasteiger partial charge is 0.218 e. The van der Waals surface area contributed by atoms with E-state index in [2.05, 4.69) is 58.7 Å². The molecule has 2 aromatic rings. The molecule has 1 aromatic carbocycles. The fourth-order valence-electron chi connectivity index (χ4n) is 2.40. The molecule has 1 heterocycles. The van der Waals surface area contributed by atoms with Crippen molar-refractivity contribution in [3.8, 4) is 5.88 Å². The van der Waals surface area contributed by atoms with Crippen LogP contribution >= 0.6 is 24.0 Å². The van der Waals surface area contributed by atoms with Gasteiger partial charge >= 0.3 is 0 Å². The maximum atomic E-state index is 5.27. The van der Waals surface area contributed by atoms with Gasteiger partial charge in [-0.3, -0.25) is 4.99 Å². The zero-order valence-electron chi connectivity index (χ0n) is 15.2. The number of rotatable bonds is 6. The number of pyridine rings is 1. The molecule has 0 saturated heterocycles. The molecule has 1 aromatic heterocycles. The Hall–Kier alpha value is -1.83. The molecule has 2 rings (SSSR count). The summed E-state index contributed by atoms with van der Waals surface area (Å²) in [7, 11) is 3.40. The third-order valence-electron chi connectivity index (χ3n) is 3.94. The topological polar surface area (TPSA) is 58.5 Å². The third-order valence-corrected chi connectivity index (χ3v) is 3.94. The van der Waals surface area contributed by atoms with Crippen molar-refractivity contribution in [2.24, 2.45) is 4.99 Å². The van der Waals surface area contributed by atoms with Gasteiger partial charge in [-0.2, -0.15) is 0 Å². The first-order valence-electron chi connectivity index (χ1n) is 8.13. The number of ether oxygens (including phenoxy) is 1. The standard InChI is InChI=1S/C19H26N4O.HI/c1-14-7-9-16(10-8-14)15(2)12-22-19(20-3)23-13-17-6-5-11-21-18(17)24-4;/h5-11,15H,12-13H2,1-4H3,(H2,20,22,23);1H. The van der Waals surface area contributed by atoms with Gasteiger partial charge in [-0.05, 0) is 24.5 Å². The molecule has 0 spiro atoms. The number of nitrogens with one attached hydrogen (secondary N) is 2. The minimum Gasteiger partial charge on any atom is -0.481 e. The Morgan fingerprint density at radius 2 is 1.92 bits per heavy atom. The number of hydrogen-bond acceptors (Lipinski definition) is 3. The molecule has 5 nitrogen and oxygen atoms in total. The van der Waals surface area contributed by atoms with Gasteiger partial charge in [0.2, 0.25) is 5.88 Å². The SMILES string of the molecule is CN=C(NCc1cccnc1OC)NCC(C)c1ccc(C)cc1.I. The molecule has 0 radical (unpaired) electrons. The van der Waals surface area contributed by atoms with Gasteiger partial charge in [-0.25, -0.2) is 4.98 Å². The summed E-state index contributed by atoms with van der Waals surface area (Å²) in [6.45, 7) is 5.72. The summed E-state index contributed by atoms with van der Waals surface area (Å²) >= 11 is 0. The fraction of sp³-hybridized carbons (Fsp3) is 0.368. The number of aliphatic imine (C=N–C) groups is 1. The number of benzene rings is 1. The maximum absolute atomic E-state index is 5.27. The molecule has 0 aliphatic heterocycles. The van der Waals surface area contributed by atoms with Crippen LogP contribution in [-0.2, 0) is 6.54 Å². The van der Waals surface area contributed by atoms with E-state index < -0.39 is 0 Å². The number of nitrogens with zero attached hydrogens (tertiary/aromatic N) is 2. The average molecular weight is 454 g/mol. The number of hydrogen-bond donors (Lipinski definition) is 2. The number of aryl methyl sites for hydroxylation is 1. The maximum Gasteiger partial charge on any atom is 0.218 e. The van der Waals surface area contributed by atoms with Gasteiger partial charge in [0.25, 0.3) is 0 Å². The summed E-state index contributed by atoms with van der Waals surface area (Å²) in [4.78, 5) is 8.47. The van der Waals surface area contributed by atoms with Crippen molar-refractivity contribution < 1.29 is 4.74 Å². The first-order valence-corrected chi connectivity index (χ1v) is 8.13. The fourth-order valence-corrected chi connectivity index (χ4v) is 2.40. The van der Waals surface area contributed by atoms with Crippen LogP contribution in [0.2, 0.25) is 0 Å². The van der Waals surface area contributed by atoms with Crippen LogP contribution in [0.4, 0.5) is 0 Å². The minimum absolute atomic E-state index is 0. The van der Waals surface area contributed by atoms with Gasteiger partial charge < -0.3 is 15.4 Å². The van der Waals surface area contributed by atoms with Crippen molar-refractivity contribution in [2.45, 2.75) is 26.3 Å². The number of aromatic nitrogens is 1. The Morgan fingerprint density at radius 1 is 1.20 bits per heavy atom. The Bertz CT molecular complexity index is 673. The van der Waals surface area contributed by atoms with Gasteiger partial charge in [0.05, 0.1) is 7.11 Å². The van der Waals surface area contributed by atoms with Crippen molar-refractivity contribution in [3.63, 3.8) is 0 Å². The third kappa shape index (κ3) is 6.53. The van der Waals surface area contributed by atoms with Crippen LogP contribution in [-0.4, -0.2) is 31.6 Å².